The third-order valence-electron chi connectivity index (χ3n) is 4.02. The number of halogens is 1. The fourth-order valence-electron chi connectivity index (χ4n) is 2.83. The molecule has 0 bridgehead atoms. The number of carbonyl (C=O) groups excluding carboxylic acids is 1. The minimum Gasteiger partial charge on any atom is -0.391 e. The van der Waals surface area contributed by atoms with Crippen molar-refractivity contribution in [2.45, 2.75) is 45.1 Å². The van der Waals surface area contributed by atoms with Gasteiger partial charge in [0.15, 0.2) is 0 Å². The lowest BCUT2D eigenvalue weighted by Crippen LogP contribution is -2.36. The Morgan fingerprint density at radius 1 is 1.35 bits per heavy atom. The molecular formula is C17H26FN3O2. The van der Waals surface area contributed by atoms with E-state index in [9.17, 15) is 14.3 Å². The Morgan fingerprint density at radius 3 is 2.78 bits per heavy atom. The van der Waals surface area contributed by atoms with Crippen molar-refractivity contribution in [1.82, 2.24) is 5.32 Å². The zero-order valence-electron chi connectivity index (χ0n) is 13.6. The third kappa shape index (κ3) is 5.39. The second kappa shape index (κ2) is 8.72. The molecule has 128 valence electrons. The average molecular weight is 323 g/mol. The van der Waals surface area contributed by atoms with E-state index >= 15 is 0 Å². The summed E-state index contributed by atoms with van der Waals surface area (Å²) >= 11 is 0. The largest absolute Gasteiger partial charge is 0.391 e. The number of hydrogen-bond acceptors (Lipinski definition) is 3. The van der Waals surface area contributed by atoms with E-state index in [1.54, 1.807) is 6.07 Å². The van der Waals surface area contributed by atoms with Gasteiger partial charge in [0.2, 0.25) is 0 Å². The maximum absolute atomic E-state index is 13.5. The number of carbonyl (C=O) groups is 1. The molecule has 0 aromatic heterocycles. The first kappa shape index (κ1) is 17.5. The Morgan fingerprint density at radius 2 is 2.09 bits per heavy atom. The minimum atomic E-state index is -0.556. The first-order chi connectivity index (χ1) is 11.1. The van der Waals surface area contributed by atoms with E-state index in [0.29, 0.717) is 12.1 Å². The highest BCUT2D eigenvalue weighted by Crippen LogP contribution is 2.29. The molecule has 0 aliphatic carbocycles. The van der Waals surface area contributed by atoms with Crippen LogP contribution in [-0.2, 0) is 0 Å². The SMILES string of the molecule is CCCC(O)CNC(=O)Nc1cc(F)ccc1N1CCCCC1. The van der Waals surface area contributed by atoms with Gasteiger partial charge in [-0.2, -0.15) is 0 Å². The molecule has 1 fully saturated rings. The molecule has 1 aliphatic heterocycles. The average Bonchev–Trinajstić information content (AvgIpc) is 2.54. The first-order valence-electron chi connectivity index (χ1n) is 8.37. The predicted octanol–water partition coefficient (Wildman–Crippen LogP) is 3.10. The highest BCUT2D eigenvalue weighted by molar-refractivity contribution is 5.93. The summed E-state index contributed by atoms with van der Waals surface area (Å²) in [5.41, 5.74) is 1.31. The van der Waals surface area contributed by atoms with E-state index in [-0.39, 0.29) is 12.4 Å². The molecule has 1 unspecified atom stereocenters. The van der Waals surface area contributed by atoms with Crippen molar-refractivity contribution in [1.29, 1.82) is 0 Å². The van der Waals surface area contributed by atoms with Gasteiger partial charge < -0.3 is 20.6 Å². The van der Waals surface area contributed by atoms with Crippen molar-refractivity contribution < 1.29 is 14.3 Å². The highest BCUT2D eigenvalue weighted by Gasteiger charge is 2.16. The fraction of sp³-hybridized carbons (Fsp3) is 0.588. The lowest BCUT2D eigenvalue weighted by Gasteiger charge is -2.30. The number of aliphatic hydroxyl groups is 1. The normalized spacial score (nSPS) is 16.0. The van der Waals surface area contributed by atoms with Gasteiger partial charge in [0.05, 0.1) is 17.5 Å². The maximum Gasteiger partial charge on any atom is 0.319 e. The van der Waals surface area contributed by atoms with Crippen LogP contribution < -0.4 is 15.5 Å². The third-order valence-corrected chi connectivity index (χ3v) is 4.02. The lowest BCUT2D eigenvalue weighted by molar-refractivity contribution is 0.162. The standard InChI is InChI=1S/C17H26FN3O2/c1-2-6-14(22)12-19-17(23)20-15-11-13(18)7-8-16(15)21-9-4-3-5-10-21/h7-8,11,14,22H,2-6,9-10,12H2,1H3,(H2,19,20,23). The molecule has 1 heterocycles. The molecule has 0 radical (unpaired) electrons. The van der Waals surface area contributed by atoms with E-state index in [4.69, 9.17) is 0 Å². The number of aliphatic hydroxyl groups excluding tert-OH is 1. The van der Waals surface area contributed by atoms with Crippen molar-refractivity contribution in [3.63, 3.8) is 0 Å². The number of rotatable bonds is 6. The summed E-state index contributed by atoms with van der Waals surface area (Å²) in [7, 11) is 0. The highest BCUT2D eigenvalue weighted by atomic mass is 19.1. The smallest absolute Gasteiger partial charge is 0.319 e. The van der Waals surface area contributed by atoms with Crippen LogP contribution in [0.3, 0.4) is 0 Å². The van der Waals surface area contributed by atoms with Crippen LogP contribution in [0.5, 0.6) is 0 Å². The first-order valence-corrected chi connectivity index (χ1v) is 8.37. The van der Waals surface area contributed by atoms with Gasteiger partial charge >= 0.3 is 6.03 Å². The molecule has 5 nitrogen and oxygen atoms in total. The Labute approximate surface area is 136 Å². The summed E-state index contributed by atoms with van der Waals surface area (Å²) in [4.78, 5) is 14.2. The Hall–Kier alpha value is -1.82. The summed E-state index contributed by atoms with van der Waals surface area (Å²) in [5.74, 6) is -0.382. The van der Waals surface area contributed by atoms with Gasteiger partial charge in [-0.15, -0.1) is 0 Å². The van der Waals surface area contributed by atoms with E-state index in [1.165, 1.54) is 18.6 Å². The molecule has 2 amide bonds. The van der Waals surface area contributed by atoms with Crippen LogP contribution in [0.4, 0.5) is 20.6 Å². The number of piperidine rings is 1. The van der Waals surface area contributed by atoms with E-state index < -0.39 is 12.1 Å². The van der Waals surface area contributed by atoms with E-state index in [0.717, 1.165) is 38.0 Å². The lowest BCUT2D eigenvalue weighted by atomic mass is 10.1. The van der Waals surface area contributed by atoms with Crippen molar-refractivity contribution in [2.24, 2.45) is 0 Å². The summed E-state index contributed by atoms with van der Waals surface area (Å²) in [6.07, 6.45) is 4.35. The Bertz CT molecular complexity index is 519. The molecule has 1 aromatic carbocycles. The van der Waals surface area contributed by atoms with Crippen LogP contribution in [0.15, 0.2) is 18.2 Å². The van der Waals surface area contributed by atoms with Crippen LogP contribution in [0, 0.1) is 5.82 Å². The molecule has 1 aromatic rings. The summed E-state index contributed by atoms with van der Waals surface area (Å²) < 4.78 is 13.5. The topological polar surface area (TPSA) is 64.6 Å². The molecule has 3 N–H and O–H groups in total. The second-order valence-electron chi connectivity index (χ2n) is 5.99. The Kier molecular flexibility index (Phi) is 6.65. The quantitative estimate of drug-likeness (QED) is 0.754. The van der Waals surface area contributed by atoms with Crippen LogP contribution in [0.25, 0.3) is 0 Å². The molecule has 1 atom stereocenters. The number of nitrogens with one attached hydrogen (secondary N) is 2. The minimum absolute atomic E-state index is 0.189. The van der Waals surface area contributed by atoms with Crippen molar-refractivity contribution in [3.8, 4) is 0 Å². The van der Waals surface area contributed by atoms with Crippen LogP contribution in [-0.4, -0.2) is 36.9 Å². The summed E-state index contributed by atoms with van der Waals surface area (Å²) in [6.45, 7) is 3.99. The molecule has 6 heteroatoms. The van der Waals surface area contributed by atoms with Gasteiger partial charge in [-0.3, -0.25) is 0 Å². The molecular weight excluding hydrogens is 297 g/mol. The second-order valence-corrected chi connectivity index (χ2v) is 5.99. The zero-order chi connectivity index (χ0) is 16.7. The zero-order valence-corrected chi connectivity index (χ0v) is 13.6. The van der Waals surface area contributed by atoms with Gasteiger partial charge in [0, 0.05) is 19.6 Å². The number of hydrogen-bond donors (Lipinski definition) is 3. The van der Waals surface area contributed by atoms with E-state index in [1.807, 2.05) is 6.92 Å². The van der Waals surface area contributed by atoms with Gasteiger partial charge in [-0.1, -0.05) is 13.3 Å². The molecule has 2 rings (SSSR count). The van der Waals surface area contributed by atoms with Gasteiger partial charge in [-0.25, -0.2) is 9.18 Å². The molecule has 0 spiro atoms. The van der Waals surface area contributed by atoms with Gasteiger partial charge in [-0.05, 0) is 43.9 Å². The predicted molar refractivity (Wildman–Crippen MR) is 90.4 cm³/mol. The van der Waals surface area contributed by atoms with Gasteiger partial charge in [0.25, 0.3) is 0 Å². The molecule has 1 aliphatic rings. The number of nitrogens with zero attached hydrogens (tertiary/aromatic N) is 1. The van der Waals surface area contributed by atoms with Crippen LogP contribution in [0.2, 0.25) is 0 Å². The van der Waals surface area contributed by atoms with Crippen LogP contribution in [0.1, 0.15) is 39.0 Å². The van der Waals surface area contributed by atoms with E-state index in [2.05, 4.69) is 15.5 Å². The maximum atomic E-state index is 13.5. The van der Waals surface area contributed by atoms with Crippen molar-refractivity contribution in [2.75, 3.05) is 29.9 Å². The number of urea groups is 1. The van der Waals surface area contributed by atoms with Crippen molar-refractivity contribution in [3.05, 3.63) is 24.0 Å². The monoisotopic (exact) mass is 323 g/mol. The van der Waals surface area contributed by atoms with Crippen LogP contribution >= 0.6 is 0 Å². The molecule has 0 saturated carbocycles. The summed E-state index contributed by atoms with van der Waals surface area (Å²) in [6, 6.07) is 4.04. The number of anilines is 2. The number of benzene rings is 1. The number of amides is 2. The summed E-state index contributed by atoms with van der Waals surface area (Å²) in [5, 5.41) is 15.0. The van der Waals surface area contributed by atoms with Gasteiger partial charge in [0.1, 0.15) is 5.82 Å². The Balaban J connectivity index is 2.00. The fourth-order valence-corrected chi connectivity index (χ4v) is 2.83. The molecule has 23 heavy (non-hydrogen) atoms. The molecule has 1 saturated heterocycles. The van der Waals surface area contributed by atoms with Crippen molar-refractivity contribution >= 4 is 17.4 Å².